The van der Waals surface area contributed by atoms with Crippen LogP contribution in [0.25, 0.3) is 22.3 Å². The van der Waals surface area contributed by atoms with Gasteiger partial charge in [-0.15, -0.1) is 0 Å². The van der Waals surface area contributed by atoms with Crippen LogP contribution in [0, 0.1) is 5.82 Å². The van der Waals surface area contributed by atoms with Gasteiger partial charge >= 0.3 is 6.18 Å². The number of primary amides is 1. The van der Waals surface area contributed by atoms with Crippen molar-refractivity contribution in [2.24, 2.45) is 5.73 Å². The number of hydrogen-bond acceptors (Lipinski definition) is 4. The van der Waals surface area contributed by atoms with E-state index in [1.807, 2.05) is 11.5 Å². The van der Waals surface area contributed by atoms with Crippen LogP contribution in [0.15, 0.2) is 35.4 Å². The Morgan fingerprint density at radius 2 is 1.89 bits per heavy atom. The van der Waals surface area contributed by atoms with E-state index in [1.165, 1.54) is 12.1 Å². The monoisotopic (exact) mass is 538 g/mol. The summed E-state index contributed by atoms with van der Waals surface area (Å²) >= 11 is 0. The highest BCUT2D eigenvalue weighted by molar-refractivity contribution is 7.89. The number of sulfonamides is 1. The number of nitrogens with one attached hydrogen (secondary N) is 1. The average molecular weight is 539 g/mol. The molecule has 0 unspecified atom stereocenters. The van der Waals surface area contributed by atoms with Crippen LogP contribution < -0.4 is 10.5 Å². The SMILES string of the molecule is CCc1cc2c(cc1F)c(C(N)=O)c(-c1ccc(S(=O)(=O)NC3(C(F)(F)F)CC3)cn1)n2C1CCCC1. The van der Waals surface area contributed by atoms with Gasteiger partial charge in [-0.3, -0.25) is 9.78 Å². The molecule has 1 amide bonds. The highest BCUT2D eigenvalue weighted by Gasteiger charge is 2.65. The molecule has 12 heteroatoms. The van der Waals surface area contributed by atoms with Gasteiger partial charge in [-0.1, -0.05) is 19.8 Å². The fraction of sp³-hybridized carbons (Fsp3) is 0.440. The summed E-state index contributed by atoms with van der Waals surface area (Å²) in [6, 6.07) is 5.47. The van der Waals surface area contributed by atoms with Crippen molar-refractivity contribution in [3.05, 3.63) is 47.4 Å². The molecule has 5 rings (SSSR count). The van der Waals surface area contributed by atoms with Gasteiger partial charge in [0.1, 0.15) is 16.3 Å². The molecule has 0 saturated heterocycles. The molecule has 2 heterocycles. The minimum atomic E-state index is -4.71. The van der Waals surface area contributed by atoms with E-state index < -0.39 is 38.4 Å². The van der Waals surface area contributed by atoms with Crippen molar-refractivity contribution in [1.82, 2.24) is 14.3 Å². The predicted octanol–water partition coefficient (Wildman–Crippen LogP) is 4.99. The first-order valence-electron chi connectivity index (χ1n) is 12.1. The third-order valence-corrected chi connectivity index (χ3v) is 8.92. The van der Waals surface area contributed by atoms with Crippen molar-refractivity contribution >= 4 is 26.8 Å². The Kier molecular flexibility index (Phi) is 6.10. The molecular weight excluding hydrogens is 512 g/mol. The quantitative estimate of drug-likeness (QED) is 0.413. The summed E-state index contributed by atoms with van der Waals surface area (Å²) < 4.78 is 83.8. The molecule has 2 aliphatic rings. The molecule has 2 aliphatic carbocycles. The number of pyridine rings is 1. The first-order valence-corrected chi connectivity index (χ1v) is 13.6. The highest BCUT2D eigenvalue weighted by atomic mass is 32.2. The van der Waals surface area contributed by atoms with Gasteiger partial charge in [0.25, 0.3) is 5.91 Å². The second-order valence-electron chi connectivity index (χ2n) is 9.77. The number of amides is 1. The molecule has 1 aromatic carbocycles. The Labute approximate surface area is 211 Å². The topological polar surface area (TPSA) is 107 Å². The number of aryl methyl sites for hydroxylation is 1. The smallest absolute Gasteiger partial charge is 0.366 e. The van der Waals surface area contributed by atoms with E-state index in [0.717, 1.165) is 37.9 Å². The number of carbonyl (C=O) groups is 1. The molecule has 3 N–H and O–H groups in total. The van der Waals surface area contributed by atoms with Crippen molar-refractivity contribution in [1.29, 1.82) is 0 Å². The van der Waals surface area contributed by atoms with Gasteiger partial charge in [-0.25, -0.2) is 12.8 Å². The van der Waals surface area contributed by atoms with Gasteiger partial charge in [0.2, 0.25) is 10.0 Å². The maximum Gasteiger partial charge on any atom is 0.407 e. The Morgan fingerprint density at radius 3 is 2.41 bits per heavy atom. The van der Waals surface area contributed by atoms with E-state index in [9.17, 15) is 30.8 Å². The van der Waals surface area contributed by atoms with Crippen LogP contribution in [0.2, 0.25) is 0 Å². The largest absolute Gasteiger partial charge is 0.407 e. The van der Waals surface area contributed by atoms with E-state index in [2.05, 4.69) is 4.98 Å². The fourth-order valence-electron chi connectivity index (χ4n) is 5.25. The molecule has 2 aromatic heterocycles. The zero-order valence-corrected chi connectivity index (χ0v) is 20.8. The number of halogens is 4. The van der Waals surface area contributed by atoms with Crippen LogP contribution in [0.5, 0.6) is 0 Å². The van der Waals surface area contributed by atoms with Gasteiger partial charge in [0, 0.05) is 17.6 Å². The summed E-state index contributed by atoms with van der Waals surface area (Å²) in [5, 5.41) is 0.338. The van der Waals surface area contributed by atoms with Gasteiger partial charge in [0.05, 0.1) is 22.5 Å². The molecule has 2 fully saturated rings. The Morgan fingerprint density at radius 1 is 1.22 bits per heavy atom. The number of fused-ring (bicyclic) bond motifs is 1. The van der Waals surface area contributed by atoms with Crippen LogP contribution >= 0.6 is 0 Å². The van der Waals surface area contributed by atoms with Crippen LogP contribution in [-0.4, -0.2) is 35.6 Å². The standard InChI is InChI=1S/C25H26F4N4O3S/c1-2-14-11-20-17(12-18(14)26)21(23(30)34)22(33(20)15-5-3-4-6-15)19-8-7-16(13-31-19)37(35,36)32-24(9-10-24)25(27,28)29/h7-8,11-13,15,32H,2-6,9-10H2,1H3,(H2,30,34). The molecule has 37 heavy (non-hydrogen) atoms. The van der Waals surface area contributed by atoms with Crippen molar-refractivity contribution < 1.29 is 30.8 Å². The molecule has 7 nitrogen and oxygen atoms in total. The minimum Gasteiger partial charge on any atom is -0.366 e. The number of rotatable bonds is 7. The second-order valence-corrected chi connectivity index (χ2v) is 11.5. The summed E-state index contributed by atoms with van der Waals surface area (Å²) in [4.78, 5) is 16.4. The number of nitrogens with two attached hydrogens (primary N) is 1. The zero-order valence-electron chi connectivity index (χ0n) is 20.0. The number of carbonyl (C=O) groups excluding carboxylic acids is 1. The molecule has 2 saturated carbocycles. The third kappa shape index (κ3) is 4.29. The van der Waals surface area contributed by atoms with Crippen molar-refractivity contribution in [3.8, 4) is 11.4 Å². The average Bonchev–Trinajstić information content (AvgIpc) is 3.28. The predicted molar refractivity (Wildman–Crippen MR) is 129 cm³/mol. The van der Waals surface area contributed by atoms with Gasteiger partial charge in [-0.2, -0.15) is 17.9 Å². The third-order valence-electron chi connectivity index (χ3n) is 7.40. The number of hydrogen-bond donors (Lipinski definition) is 2. The lowest BCUT2D eigenvalue weighted by molar-refractivity contribution is -0.160. The van der Waals surface area contributed by atoms with E-state index >= 15 is 0 Å². The summed E-state index contributed by atoms with van der Waals surface area (Å²) in [5.41, 5.74) is 5.03. The van der Waals surface area contributed by atoms with Crippen molar-refractivity contribution in [3.63, 3.8) is 0 Å². The highest BCUT2D eigenvalue weighted by Crippen LogP contribution is 2.50. The molecule has 0 spiro atoms. The van der Waals surface area contributed by atoms with Crippen LogP contribution in [0.3, 0.4) is 0 Å². The van der Waals surface area contributed by atoms with Gasteiger partial charge in [-0.05, 0) is 61.9 Å². The molecule has 0 bridgehead atoms. The number of aromatic nitrogens is 2. The summed E-state index contributed by atoms with van der Waals surface area (Å²) in [6.07, 6.45) is -0.392. The number of benzene rings is 1. The maximum atomic E-state index is 14.8. The Hall–Kier alpha value is -2.99. The molecule has 3 aromatic rings. The Bertz CT molecular complexity index is 1490. The number of alkyl halides is 3. The molecule has 198 valence electrons. The zero-order chi connectivity index (χ0) is 26.8. The lowest BCUT2D eigenvalue weighted by atomic mass is 10.0. The van der Waals surface area contributed by atoms with Gasteiger partial charge in [0.15, 0.2) is 0 Å². The molecular formula is C25H26F4N4O3S. The normalized spacial score (nSPS) is 18.0. The van der Waals surface area contributed by atoms with E-state index in [1.54, 1.807) is 10.8 Å². The lowest BCUT2D eigenvalue weighted by Crippen LogP contribution is -2.47. The van der Waals surface area contributed by atoms with Crippen LogP contribution in [0.4, 0.5) is 17.6 Å². The summed E-state index contributed by atoms with van der Waals surface area (Å²) in [7, 11) is -4.51. The van der Waals surface area contributed by atoms with Crippen molar-refractivity contribution in [2.75, 3.05) is 0 Å². The van der Waals surface area contributed by atoms with Crippen molar-refractivity contribution in [2.45, 2.75) is 74.5 Å². The molecule has 0 aliphatic heterocycles. The van der Waals surface area contributed by atoms with E-state index in [0.29, 0.717) is 28.6 Å². The first-order chi connectivity index (χ1) is 17.4. The lowest BCUT2D eigenvalue weighted by Gasteiger charge is -2.21. The Balaban J connectivity index is 1.64. The van der Waals surface area contributed by atoms with Crippen LogP contribution in [0.1, 0.15) is 67.4 Å². The first kappa shape index (κ1) is 25.7. The summed E-state index contributed by atoms with van der Waals surface area (Å²) in [6.45, 7) is 1.82. The molecule has 0 atom stereocenters. The van der Waals surface area contributed by atoms with Crippen LogP contribution in [-0.2, 0) is 16.4 Å². The number of nitrogens with zero attached hydrogens (tertiary/aromatic N) is 2. The fourth-order valence-corrected chi connectivity index (χ4v) is 6.64. The van der Waals surface area contributed by atoms with Gasteiger partial charge < -0.3 is 10.3 Å². The molecule has 0 radical (unpaired) electrons. The minimum absolute atomic E-state index is 0.00541. The van der Waals surface area contributed by atoms with E-state index in [-0.39, 0.29) is 30.1 Å². The van der Waals surface area contributed by atoms with E-state index in [4.69, 9.17) is 5.73 Å². The second kappa shape index (κ2) is 8.80. The maximum absolute atomic E-state index is 14.8. The summed E-state index contributed by atoms with van der Waals surface area (Å²) in [5.74, 6) is -1.26.